The molecule has 0 unspecified atom stereocenters. The number of benzene rings is 1. The predicted octanol–water partition coefficient (Wildman–Crippen LogP) is 3.22. The first-order valence-electron chi connectivity index (χ1n) is 4.02. The van der Waals surface area contributed by atoms with E-state index in [2.05, 4.69) is 0 Å². The minimum atomic E-state index is -4.39. The Labute approximate surface area is 79.5 Å². The largest absolute Gasteiger partial charge is 0.416 e. The molecule has 0 aromatic heterocycles. The number of hydrogen-bond donors (Lipinski definition) is 0. The highest BCUT2D eigenvalue weighted by Crippen LogP contribution is 2.32. The van der Waals surface area contributed by atoms with E-state index >= 15 is 0 Å². The first kappa shape index (κ1) is 10.8. The van der Waals surface area contributed by atoms with E-state index < -0.39 is 11.7 Å². The van der Waals surface area contributed by atoms with Crippen LogP contribution in [0.5, 0.6) is 0 Å². The summed E-state index contributed by atoms with van der Waals surface area (Å²) in [4.78, 5) is 11.0. The average Bonchev–Trinajstić information content (AvgIpc) is 2.01. The van der Waals surface area contributed by atoms with Crippen LogP contribution in [0.4, 0.5) is 13.2 Å². The maximum absolute atomic E-state index is 12.4. The van der Waals surface area contributed by atoms with E-state index in [4.69, 9.17) is 0 Å². The summed E-state index contributed by atoms with van der Waals surface area (Å²) in [5.74, 6) is -0.353. The van der Waals surface area contributed by atoms with Gasteiger partial charge in [0.15, 0.2) is 5.78 Å². The number of hydrogen-bond acceptors (Lipinski definition) is 1. The molecule has 14 heavy (non-hydrogen) atoms. The van der Waals surface area contributed by atoms with Gasteiger partial charge in [0.2, 0.25) is 0 Å². The number of halogens is 3. The van der Waals surface area contributed by atoms with Crippen LogP contribution in [-0.4, -0.2) is 5.78 Å². The van der Waals surface area contributed by atoms with Gasteiger partial charge in [0, 0.05) is 5.56 Å². The van der Waals surface area contributed by atoms with E-state index in [1.807, 2.05) is 0 Å². The van der Waals surface area contributed by atoms with Crippen molar-refractivity contribution in [1.29, 1.82) is 0 Å². The summed E-state index contributed by atoms with van der Waals surface area (Å²) in [5, 5.41) is 0. The Balaban J connectivity index is 3.35. The first-order valence-corrected chi connectivity index (χ1v) is 4.02. The van der Waals surface area contributed by atoms with E-state index in [-0.39, 0.29) is 16.9 Å². The molecular weight excluding hydrogens is 193 g/mol. The summed E-state index contributed by atoms with van der Waals surface area (Å²) in [7, 11) is 0. The number of rotatable bonds is 1. The molecule has 0 radical (unpaired) electrons. The molecule has 0 atom stereocenters. The minimum Gasteiger partial charge on any atom is -0.295 e. The highest BCUT2D eigenvalue weighted by Gasteiger charge is 2.33. The topological polar surface area (TPSA) is 17.1 Å². The lowest BCUT2D eigenvalue weighted by Gasteiger charge is -2.11. The zero-order chi connectivity index (χ0) is 10.9. The summed E-state index contributed by atoms with van der Waals surface area (Å²) < 4.78 is 37.1. The minimum absolute atomic E-state index is 0.00694. The lowest BCUT2D eigenvalue weighted by Crippen LogP contribution is -2.10. The molecule has 0 aliphatic rings. The molecule has 0 saturated carbocycles. The lowest BCUT2D eigenvalue weighted by molar-refractivity contribution is -0.138. The Morgan fingerprint density at radius 3 is 2.29 bits per heavy atom. The van der Waals surface area contributed by atoms with Crippen molar-refractivity contribution in [2.75, 3.05) is 0 Å². The zero-order valence-corrected chi connectivity index (χ0v) is 7.77. The third-order valence-corrected chi connectivity index (χ3v) is 2.02. The summed E-state index contributed by atoms with van der Waals surface area (Å²) >= 11 is 0. The number of Topliss-reactive ketones (excluding diaryl/α,β-unsaturated/α-hetero) is 1. The van der Waals surface area contributed by atoms with E-state index in [9.17, 15) is 18.0 Å². The van der Waals surface area contributed by atoms with E-state index in [1.54, 1.807) is 0 Å². The van der Waals surface area contributed by atoms with E-state index in [0.29, 0.717) is 0 Å². The quantitative estimate of drug-likeness (QED) is 0.639. The Morgan fingerprint density at radius 1 is 1.29 bits per heavy atom. The van der Waals surface area contributed by atoms with Crippen molar-refractivity contribution < 1.29 is 18.0 Å². The van der Waals surface area contributed by atoms with Crippen molar-refractivity contribution in [3.05, 3.63) is 34.9 Å². The molecule has 0 bridgehead atoms. The highest BCUT2D eigenvalue weighted by molar-refractivity contribution is 5.95. The van der Waals surface area contributed by atoms with Crippen LogP contribution < -0.4 is 0 Å². The summed E-state index contributed by atoms with van der Waals surface area (Å²) in [6.07, 6.45) is -4.39. The van der Waals surface area contributed by atoms with Crippen molar-refractivity contribution in [2.24, 2.45) is 0 Å². The van der Waals surface area contributed by atoms with Crippen LogP contribution in [0.2, 0.25) is 0 Å². The second-order valence-electron chi connectivity index (χ2n) is 3.03. The molecule has 0 amide bonds. The van der Waals surface area contributed by atoms with Gasteiger partial charge in [0.25, 0.3) is 0 Å². The molecule has 0 saturated heterocycles. The van der Waals surface area contributed by atoms with Gasteiger partial charge >= 0.3 is 6.18 Å². The van der Waals surface area contributed by atoms with Crippen LogP contribution in [0.1, 0.15) is 28.4 Å². The van der Waals surface area contributed by atoms with Gasteiger partial charge in [0.05, 0.1) is 5.56 Å². The van der Waals surface area contributed by atoms with Gasteiger partial charge in [-0.2, -0.15) is 13.2 Å². The number of alkyl halides is 3. The fraction of sp³-hybridized carbons (Fsp3) is 0.300. The molecule has 0 heterocycles. The van der Waals surface area contributed by atoms with Crippen LogP contribution in [0.15, 0.2) is 18.2 Å². The molecule has 4 heteroatoms. The fourth-order valence-corrected chi connectivity index (χ4v) is 1.32. The summed E-state index contributed by atoms with van der Waals surface area (Å²) in [6.45, 7) is 2.56. The Kier molecular flexibility index (Phi) is 2.64. The smallest absolute Gasteiger partial charge is 0.295 e. The zero-order valence-electron chi connectivity index (χ0n) is 7.77. The number of carbonyl (C=O) groups excluding carboxylic acids is 1. The van der Waals surface area contributed by atoms with Crippen LogP contribution in [0, 0.1) is 6.92 Å². The second-order valence-corrected chi connectivity index (χ2v) is 3.03. The lowest BCUT2D eigenvalue weighted by atomic mass is 10.00. The average molecular weight is 202 g/mol. The summed E-state index contributed by atoms with van der Waals surface area (Å²) in [6, 6.07) is 3.61. The second kappa shape index (κ2) is 3.44. The number of carbonyl (C=O) groups is 1. The Hall–Kier alpha value is -1.32. The van der Waals surface area contributed by atoms with Crippen molar-refractivity contribution in [3.63, 3.8) is 0 Å². The Bertz CT molecular complexity index is 366. The first-order chi connectivity index (χ1) is 6.34. The van der Waals surface area contributed by atoms with Gasteiger partial charge < -0.3 is 0 Å². The van der Waals surface area contributed by atoms with Crippen LogP contribution in [-0.2, 0) is 6.18 Å². The molecule has 0 aliphatic heterocycles. The van der Waals surface area contributed by atoms with Gasteiger partial charge in [-0.3, -0.25) is 4.79 Å². The maximum atomic E-state index is 12.4. The molecule has 1 rings (SSSR count). The van der Waals surface area contributed by atoms with E-state index in [1.165, 1.54) is 26.0 Å². The van der Waals surface area contributed by atoms with Crippen molar-refractivity contribution in [1.82, 2.24) is 0 Å². The molecular formula is C10H9F3O. The van der Waals surface area contributed by atoms with Crippen LogP contribution in [0.25, 0.3) is 0 Å². The molecule has 0 fully saturated rings. The van der Waals surface area contributed by atoms with Gasteiger partial charge in [-0.25, -0.2) is 0 Å². The molecule has 1 nitrogen and oxygen atoms in total. The third kappa shape index (κ3) is 1.95. The molecule has 1 aromatic carbocycles. The van der Waals surface area contributed by atoms with Crippen molar-refractivity contribution in [2.45, 2.75) is 20.0 Å². The van der Waals surface area contributed by atoms with Crippen molar-refractivity contribution >= 4 is 5.78 Å². The number of ketones is 1. The molecule has 1 aromatic rings. The monoisotopic (exact) mass is 202 g/mol. The van der Waals surface area contributed by atoms with E-state index in [0.717, 1.165) is 6.07 Å². The SMILES string of the molecule is CC(=O)c1cccc(C(F)(F)F)c1C. The normalized spacial score (nSPS) is 11.5. The van der Waals surface area contributed by atoms with Gasteiger partial charge in [-0.15, -0.1) is 0 Å². The maximum Gasteiger partial charge on any atom is 0.416 e. The van der Waals surface area contributed by atoms with Crippen molar-refractivity contribution in [3.8, 4) is 0 Å². The van der Waals surface area contributed by atoms with Crippen LogP contribution in [0.3, 0.4) is 0 Å². The molecule has 0 spiro atoms. The van der Waals surface area contributed by atoms with Crippen LogP contribution >= 0.6 is 0 Å². The third-order valence-electron chi connectivity index (χ3n) is 2.02. The molecule has 76 valence electrons. The Morgan fingerprint density at radius 2 is 1.86 bits per heavy atom. The highest BCUT2D eigenvalue weighted by atomic mass is 19.4. The van der Waals surface area contributed by atoms with Gasteiger partial charge in [0.1, 0.15) is 0 Å². The van der Waals surface area contributed by atoms with Gasteiger partial charge in [-0.05, 0) is 25.5 Å². The van der Waals surface area contributed by atoms with Gasteiger partial charge in [-0.1, -0.05) is 12.1 Å². The predicted molar refractivity (Wildman–Crippen MR) is 46.2 cm³/mol. The molecule has 0 aliphatic carbocycles. The fourth-order valence-electron chi connectivity index (χ4n) is 1.32. The summed E-state index contributed by atoms with van der Waals surface area (Å²) in [5.41, 5.74) is -0.627. The standard InChI is InChI=1S/C10H9F3O/c1-6-8(7(2)14)4-3-5-9(6)10(11,12)13/h3-5H,1-2H3. The molecule has 0 N–H and O–H groups in total.